The van der Waals surface area contributed by atoms with E-state index in [2.05, 4.69) is 4.98 Å². The molecule has 17 heavy (non-hydrogen) atoms. The van der Waals surface area contributed by atoms with E-state index in [0.717, 1.165) is 13.0 Å². The molecule has 1 aliphatic rings. The van der Waals surface area contributed by atoms with Gasteiger partial charge in [-0.15, -0.1) is 0 Å². The van der Waals surface area contributed by atoms with Crippen molar-refractivity contribution in [3.63, 3.8) is 0 Å². The second-order valence-electron chi connectivity index (χ2n) is 3.86. The van der Waals surface area contributed by atoms with Gasteiger partial charge in [0.15, 0.2) is 5.70 Å². The zero-order valence-corrected chi connectivity index (χ0v) is 9.67. The summed E-state index contributed by atoms with van der Waals surface area (Å²) < 4.78 is 1.95. The van der Waals surface area contributed by atoms with Crippen molar-refractivity contribution in [2.75, 3.05) is 13.2 Å². The first-order valence-electron chi connectivity index (χ1n) is 5.48. The second-order valence-corrected chi connectivity index (χ2v) is 3.86. The third-order valence-electron chi connectivity index (χ3n) is 2.72. The molecule has 0 aromatic carbocycles. The van der Waals surface area contributed by atoms with Crippen LogP contribution in [0.4, 0.5) is 0 Å². The van der Waals surface area contributed by atoms with E-state index in [0.29, 0.717) is 17.9 Å². The maximum absolute atomic E-state index is 11.3. The molecule has 1 aliphatic heterocycles. The van der Waals surface area contributed by atoms with Crippen LogP contribution >= 0.6 is 0 Å². The lowest BCUT2D eigenvalue weighted by Crippen LogP contribution is -3.02. The fourth-order valence-electron chi connectivity index (χ4n) is 1.72. The molecule has 94 valence electrons. The third-order valence-corrected chi connectivity index (χ3v) is 2.72. The molecule has 0 spiro atoms. The number of nitrogens with zero attached hydrogens (tertiary/aromatic N) is 3. The highest BCUT2D eigenvalue weighted by Gasteiger charge is 2.27. The number of aryl methyl sites for hydroxylation is 1. The lowest BCUT2D eigenvalue weighted by molar-refractivity contribution is -1.04. The Labute approximate surface area is 99.0 Å². The summed E-state index contributed by atoms with van der Waals surface area (Å²) in [5.41, 5.74) is 1.04. The van der Waals surface area contributed by atoms with Crippen molar-refractivity contribution in [3.8, 4) is 0 Å². The molecule has 1 aromatic rings. The van der Waals surface area contributed by atoms with Crippen LogP contribution in [-0.2, 0) is 11.5 Å². The van der Waals surface area contributed by atoms with Gasteiger partial charge in [-0.25, -0.2) is 4.98 Å². The Morgan fingerprint density at radius 3 is 3.00 bits per heavy atom. The van der Waals surface area contributed by atoms with Crippen LogP contribution in [0.5, 0.6) is 0 Å². The summed E-state index contributed by atoms with van der Waals surface area (Å²) in [7, 11) is 0. The Bertz CT molecular complexity index is 390. The molecule has 0 fully saturated rings. The van der Waals surface area contributed by atoms with Crippen LogP contribution in [0.3, 0.4) is 0 Å². The van der Waals surface area contributed by atoms with Crippen LogP contribution in [0.25, 0.3) is 0 Å². The molecule has 0 amide bonds. The zero-order valence-electron chi connectivity index (χ0n) is 9.67. The molecule has 0 aliphatic carbocycles. The molecule has 0 radical (unpaired) electrons. The van der Waals surface area contributed by atoms with Gasteiger partial charge in [0, 0.05) is 25.9 Å². The second kappa shape index (κ2) is 5.28. The van der Waals surface area contributed by atoms with Gasteiger partial charge in [-0.2, -0.15) is 10.3 Å². The van der Waals surface area contributed by atoms with Gasteiger partial charge in [-0.3, -0.25) is 0 Å². The minimum Gasteiger partial charge on any atom is -0.593 e. The third kappa shape index (κ3) is 2.64. The largest absolute Gasteiger partial charge is 0.593 e. The predicted molar refractivity (Wildman–Crippen MR) is 58.8 cm³/mol. The minimum atomic E-state index is -0.378. The number of aromatic nitrogens is 2. The van der Waals surface area contributed by atoms with Gasteiger partial charge in [0.25, 0.3) is 0 Å². The van der Waals surface area contributed by atoms with Crippen LogP contribution in [0.2, 0.25) is 0 Å². The smallest absolute Gasteiger partial charge is 0.163 e. The summed E-state index contributed by atoms with van der Waals surface area (Å²) in [4.78, 5) is 8.97. The first-order chi connectivity index (χ1) is 8.22. The highest BCUT2D eigenvalue weighted by Crippen LogP contribution is 2.11. The maximum atomic E-state index is 11.3. The fraction of sp³-hybridized carbons (Fsp3) is 0.500. The molecule has 0 saturated heterocycles. The summed E-state index contributed by atoms with van der Waals surface area (Å²) in [5, 5.41) is 21.5. The number of hydrogen-bond donors (Lipinski definition) is 2. The Kier molecular flexibility index (Phi) is 3.75. The SMILES string of the molecule is CC1=C(CO)N(CCCn2ccnc2)O[NH+]1[O-]. The summed E-state index contributed by atoms with van der Waals surface area (Å²) in [5.74, 6) is 0. The van der Waals surface area contributed by atoms with Crippen LogP contribution in [0, 0.1) is 5.21 Å². The molecular weight excluding hydrogens is 224 g/mol. The topological polar surface area (TPSA) is 78.0 Å². The van der Waals surface area contributed by atoms with E-state index < -0.39 is 0 Å². The van der Waals surface area contributed by atoms with E-state index in [9.17, 15) is 5.21 Å². The molecule has 1 atom stereocenters. The number of hydrogen-bond acceptors (Lipinski definition) is 5. The van der Waals surface area contributed by atoms with Gasteiger partial charge in [0.05, 0.1) is 19.5 Å². The Hall–Kier alpha value is -1.41. The van der Waals surface area contributed by atoms with Gasteiger partial charge in [-0.1, -0.05) is 4.94 Å². The number of quaternary nitrogens is 1. The normalized spacial score (nSPS) is 20.4. The molecule has 0 bridgehead atoms. The highest BCUT2D eigenvalue weighted by atomic mass is 17.0. The van der Waals surface area contributed by atoms with Gasteiger partial charge < -0.3 is 14.9 Å². The van der Waals surface area contributed by atoms with Crippen LogP contribution < -0.4 is 5.23 Å². The number of hydroxylamine groups is 4. The number of rotatable bonds is 5. The van der Waals surface area contributed by atoms with Crippen molar-refractivity contribution in [1.29, 1.82) is 0 Å². The Morgan fingerprint density at radius 2 is 2.35 bits per heavy atom. The standard InChI is InChI=1S/C10H16N4O3/c1-9-10(7-15)13(17-14(9)16)5-2-4-12-6-3-11-8-12/h3,6,8,14-15H,2,4-5,7H2,1H3. The molecule has 2 rings (SSSR count). The Morgan fingerprint density at radius 1 is 1.53 bits per heavy atom. The van der Waals surface area contributed by atoms with E-state index in [1.165, 1.54) is 5.06 Å². The molecule has 2 heterocycles. The van der Waals surface area contributed by atoms with E-state index >= 15 is 0 Å². The summed E-state index contributed by atoms with van der Waals surface area (Å²) in [6.07, 6.45) is 6.15. The van der Waals surface area contributed by atoms with E-state index in [1.54, 1.807) is 19.4 Å². The van der Waals surface area contributed by atoms with Crippen molar-refractivity contribution < 1.29 is 15.3 Å². The van der Waals surface area contributed by atoms with Gasteiger partial charge >= 0.3 is 0 Å². The summed E-state index contributed by atoms with van der Waals surface area (Å²) >= 11 is 0. The minimum absolute atomic E-state index is 0.178. The van der Waals surface area contributed by atoms with Crippen molar-refractivity contribution in [2.24, 2.45) is 0 Å². The van der Waals surface area contributed by atoms with Gasteiger partial charge in [-0.05, 0) is 6.42 Å². The molecule has 7 nitrogen and oxygen atoms in total. The molecule has 1 aromatic heterocycles. The van der Waals surface area contributed by atoms with Crippen LogP contribution in [0.15, 0.2) is 30.1 Å². The molecule has 0 saturated carbocycles. The van der Waals surface area contributed by atoms with Crippen molar-refractivity contribution >= 4 is 0 Å². The quantitative estimate of drug-likeness (QED) is 0.648. The highest BCUT2D eigenvalue weighted by molar-refractivity contribution is 5.04. The van der Waals surface area contributed by atoms with Crippen LogP contribution in [0.1, 0.15) is 13.3 Å². The van der Waals surface area contributed by atoms with Crippen molar-refractivity contribution in [1.82, 2.24) is 14.6 Å². The average Bonchev–Trinajstić information content (AvgIpc) is 2.90. The first kappa shape index (κ1) is 12.1. The molecular formula is C10H16N4O3. The Balaban J connectivity index is 1.84. The van der Waals surface area contributed by atoms with E-state index in [4.69, 9.17) is 10.0 Å². The number of aliphatic hydroxyl groups excluding tert-OH is 1. The number of imidazole rings is 1. The van der Waals surface area contributed by atoms with Gasteiger partial charge in [0.1, 0.15) is 5.70 Å². The number of allylic oxidation sites excluding steroid dienone is 1. The molecule has 1 unspecified atom stereocenters. The maximum Gasteiger partial charge on any atom is 0.163 e. The van der Waals surface area contributed by atoms with Crippen LogP contribution in [-0.4, -0.2) is 32.9 Å². The monoisotopic (exact) mass is 240 g/mol. The molecule has 7 heteroatoms. The van der Waals surface area contributed by atoms with E-state index in [-0.39, 0.29) is 11.8 Å². The first-order valence-corrected chi connectivity index (χ1v) is 5.48. The number of aliphatic hydroxyl groups is 1. The summed E-state index contributed by atoms with van der Waals surface area (Å²) in [6, 6.07) is 0. The van der Waals surface area contributed by atoms with Crippen molar-refractivity contribution in [3.05, 3.63) is 35.3 Å². The average molecular weight is 240 g/mol. The molecule has 2 N–H and O–H groups in total. The van der Waals surface area contributed by atoms with E-state index in [1.807, 2.05) is 10.8 Å². The predicted octanol–water partition coefficient (Wildman–Crippen LogP) is -0.958. The number of nitrogens with one attached hydrogen (secondary N) is 1. The zero-order chi connectivity index (χ0) is 12.3. The lowest BCUT2D eigenvalue weighted by Gasteiger charge is -2.18. The lowest BCUT2D eigenvalue weighted by atomic mass is 10.3. The fourth-order valence-corrected chi connectivity index (χ4v) is 1.72. The van der Waals surface area contributed by atoms with Gasteiger partial charge in [0.2, 0.25) is 0 Å². The summed E-state index contributed by atoms with van der Waals surface area (Å²) in [6.45, 7) is 2.84. The van der Waals surface area contributed by atoms with Crippen molar-refractivity contribution in [2.45, 2.75) is 19.9 Å².